The summed E-state index contributed by atoms with van der Waals surface area (Å²) >= 11 is 5.68. The average Bonchev–Trinajstić information content (AvgIpc) is 3.29. The smallest absolute Gasteiger partial charge is 0.224 e. The van der Waals surface area contributed by atoms with E-state index in [2.05, 4.69) is 15.6 Å². The van der Waals surface area contributed by atoms with E-state index < -0.39 is 17.7 Å². The molecule has 0 saturated heterocycles. The van der Waals surface area contributed by atoms with Crippen LogP contribution in [0.5, 0.6) is 0 Å². The molecule has 1 unspecified atom stereocenters. The summed E-state index contributed by atoms with van der Waals surface area (Å²) in [5, 5.41) is 5.41. The molecular weight excluding hydrogens is 436 g/mol. The zero-order chi connectivity index (χ0) is 22.9. The average molecular weight is 464 g/mol. The maximum absolute atomic E-state index is 14.0. The molecular formula is C24H28ClF2N3O2. The van der Waals surface area contributed by atoms with Gasteiger partial charge in [0.15, 0.2) is 0 Å². The van der Waals surface area contributed by atoms with Gasteiger partial charge in [-0.05, 0) is 61.8 Å². The largest absolute Gasteiger partial charge is 0.353 e. The topological polar surface area (TPSA) is 71.1 Å². The van der Waals surface area contributed by atoms with Crippen LogP contribution in [0.15, 0.2) is 36.7 Å². The van der Waals surface area contributed by atoms with E-state index in [1.165, 1.54) is 12.5 Å². The number of benzene rings is 1. The summed E-state index contributed by atoms with van der Waals surface area (Å²) in [6.07, 6.45) is 11.7. The molecule has 2 aromatic rings. The van der Waals surface area contributed by atoms with E-state index >= 15 is 0 Å². The Morgan fingerprint density at radius 2 is 1.91 bits per heavy atom. The number of hydrogen-bond acceptors (Lipinski definition) is 3. The van der Waals surface area contributed by atoms with E-state index in [4.69, 9.17) is 11.6 Å². The Bertz CT molecular complexity index is 904. The van der Waals surface area contributed by atoms with Crippen LogP contribution >= 0.6 is 11.6 Å². The highest BCUT2D eigenvalue weighted by atomic mass is 35.5. The third-order valence-corrected chi connectivity index (χ3v) is 6.36. The van der Waals surface area contributed by atoms with Crippen molar-refractivity contribution in [2.75, 3.05) is 0 Å². The quantitative estimate of drug-likeness (QED) is 0.453. The van der Waals surface area contributed by atoms with Crippen LogP contribution in [0, 0.1) is 17.6 Å². The van der Waals surface area contributed by atoms with Gasteiger partial charge in [0.1, 0.15) is 11.6 Å². The van der Waals surface area contributed by atoms with Crippen LogP contribution in [0.1, 0.15) is 62.1 Å². The van der Waals surface area contributed by atoms with Gasteiger partial charge in [-0.1, -0.05) is 30.5 Å². The molecule has 0 bridgehead atoms. The van der Waals surface area contributed by atoms with E-state index in [9.17, 15) is 18.4 Å². The Labute approximate surface area is 192 Å². The summed E-state index contributed by atoms with van der Waals surface area (Å²) in [5.41, 5.74) is 0.853. The summed E-state index contributed by atoms with van der Waals surface area (Å²) in [5.74, 6) is -1.26. The number of pyridine rings is 1. The molecule has 0 aliphatic heterocycles. The highest BCUT2D eigenvalue weighted by Gasteiger charge is 2.31. The van der Waals surface area contributed by atoms with Gasteiger partial charge in [-0.25, -0.2) is 8.78 Å². The summed E-state index contributed by atoms with van der Waals surface area (Å²) in [4.78, 5) is 26.1. The van der Waals surface area contributed by atoms with Crippen LogP contribution in [0.4, 0.5) is 8.78 Å². The van der Waals surface area contributed by atoms with E-state index in [0.717, 1.165) is 50.2 Å². The second kappa shape index (κ2) is 11.9. The van der Waals surface area contributed by atoms with E-state index in [1.807, 2.05) is 12.1 Å². The van der Waals surface area contributed by atoms with Crippen LogP contribution in [-0.2, 0) is 16.0 Å². The van der Waals surface area contributed by atoms with Crippen molar-refractivity contribution in [1.82, 2.24) is 15.6 Å². The summed E-state index contributed by atoms with van der Waals surface area (Å²) in [6.45, 7) is 0. The fourth-order valence-corrected chi connectivity index (χ4v) is 4.33. The molecule has 0 radical (unpaired) electrons. The first-order valence-electron chi connectivity index (χ1n) is 11.0. The lowest BCUT2D eigenvalue weighted by molar-refractivity contribution is -0.121. The Balaban J connectivity index is 0.000000186. The lowest BCUT2D eigenvalue weighted by Crippen LogP contribution is -2.40. The highest BCUT2D eigenvalue weighted by molar-refractivity contribution is 6.30. The Kier molecular flexibility index (Phi) is 8.97. The van der Waals surface area contributed by atoms with Crippen molar-refractivity contribution in [3.8, 4) is 0 Å². The van der Waals surface area contributed by atoms with Gasteiger partial charge >= 0.3 is 0 Å². The lowest BCUT2D eigenvalue weighted by atomic mass is 9.91. The molecule has 5 nitrogen and oxygen atoms in total. The molecule has 4 rings (SSSR count). The SMILES string of the molecule is O=C(Cc1cccnc1)NC1CCC1.O=CNC(c1c(F)ccc(Cl)c1F)C1CCCC1. The minimum absolute atomic E-state index is 0.0673. The molecule has 1 aromatic carbocycles. The van der Waals surface area contributed by atoms with Crippen LogP contribution in [0.25, 0.3) is 0 Å². The monoisotopic (exact) mass is 463 g/mol. The molecule has 2 N–H and O–H groups in total. The number of halogens is 3. The van der Waals surface area contributed by atoms with E-state index in [0.29, 0.717) is 18.9 Å². The van der Waals surface area contributed by atoms with Gasteiger partial charge in [0.2, 0.25) is 12.3 Å². The molecule has 8 heteroatoms. The van der Waals surface area contributed by atoms with Crippen LogP contribution in [0.3, 0.4) is 0 Å². The predicted molar refractivity (Wildman–Crippen MR) is 119 cm³/mol. The van der Waals surface area contributed by atoms with Gasteiger partial charge in [0.05, 0.1) is 17.5 Å². The van der Waals surface area contributed by atoms with Crippen molar-refractivity contribution in [2.45, 2.75) is 63.5 Å². The zero-order valence-corrected chi connectivity index (χ0v) is 18.6. The molecule has 32 heavy (non-hydrogen) atoms. The molecule has 2 aliphatic rings. The number of carbonyl (C=O) groups excluding carboxylic acids is 2. The Hall–Kier alpha value is -2.54. The summed E-state index contributed by atoms with van der Waals surface area (Å²) < 4.78 is 27.8. The van der Waals surface area contributed by atoms with E-state index in [-0.39, 0.29) is 22.4 Å². The van der Waals surface area contributed by atoms with Gasteiger partial charge in [0, 0.05) is 24.0 Å². The number of nitrogens with zero attached hydrogens (tertiary/aromatic N) is 1. The fourth-order valence-electron chi connectivity index (χ4n) is 4.17. The first kappa shape index (κ1) is 24.1. The van der Waals surface area contributed by atoms with Gasteiger partial charge in [-0.15, -0.1) is 0 Å². The summed E-state index contributed by atoms with van der Waals surface area (Å²) in [6, 6.07) is 5.89. The molecule has 1 aromatic heterocycles. The predicted octanol–water partition coefficient (Wildman–Crippen LogP) is 4.89. The van der Waals surface area contributed by atoms with Crippen molar-refractivity contribution in [3.05, 3.63) is 64.4 Å². The Morgan fingerprint density at radius 3 is 2.50 bits per heavy atom. The minimum atomic E-state index is -0.775. The van der Waals surface area contributed by atoms with Gasteiger partial charge < -0.3 is 10.6 Å². The molecule has 1 heterocycles. The van der Waals surface area contributed by atoms with Crippen molar-refractivity contribution in [2.24, 2.45) is 5.92 Å². The second-order valence-electron chi connectivity index (χ2n) is 8.30. The maximum atomic E-state index is 14.0. The first-order valence-corrected chi connectivity index (χ1v) is 11.4. The molecule has 1 atom stereocenters. The first-order chi connectivity index (χ1) is 15.5. The van der Waals surface area contributed by atoms with Gasteiger partial charge in [-0.3, -0.25) is 14.6 Å². The number of carbonyl (C=O) groups is 2. The highest BCUT2D eigenvalue weighted by Crippen LogP contribution is 2.38. The Morgan fingerprint density at radius 1 is 1.16 bits per heavy atom. The molecule has 2 aliphatic carbocycles. The molecule has 2 fully saturated rings. The molecule has 2 saturated carbocycles. The second-order valence-corrected chi connectivity index (χ2v) is 8.70. The number of hydrogen-bond donors (Lipinski definition) is 2. The molecule has 0 spiro atoms. The number of rotatable bonds is 7. The van der Waals surface area contributed by atoms with Crippen LogP contribution in [0.2, 0.25) is 5.02 Å². The summed E-state index contributed by atoms with van der Waals surface area (Å²) in [7, 11) is 0. The minimum Gasteiger partial charge on any atom is -0.353 e. The standard InChI is InChI=1S/C13H14ClF2NO.C11H14N2O/c14-9-5-6-10(15)11(12(9)16)13(17-7-18)8-3-1-2-4-8;14-11(13-10-4-1-5-10)7-9-3-2-6-12-8-9/h5-8,13H,1-4H2,(H,17,18);2-3,6,8,10H,1,4-5,7H2,(H,13,14). The molecule has 2 amide bonds. The van der Waals surface area contributed by atoms with Crippen molar-refractivity contribution in [1.29, 1.82) is 0 Å². The van der Waals surface area contributed by atoms with E-state index in [1.54, 1.807) is 12.4 Å². The third kappa shape index (κ3) is 6.48. The third-order valence-electron chi connectivity index (χ3n) is 6.07. The zero-order valence-electron chi connectivity index (χ0n) is 17.8. The lowest BCUT2D eigenvalue weighted by Gasteiger charge is -2.26. The van der Waals surface area contributed by atoms with Crippen molar-refractivity contribution in [3.63, 3.8) is 0 Å². The maximum Gasteiger partial charge on any atom is 0.224 e. The van der Waals surface area contributed by atoms with Crippen LogP contribution < -0.4 is 10.6 Å². The number of nitrogens with one attached hydrogen (secondary N) is 2. The van der Waals surface area contributed by atoms with Gasteiger partial charge in [0.25, 0.3) is 0 Å². The van der Waals surface area contributed by atoms with Crippen molar-refractivity contribution < 1.29 is 18.4 Å². The molecule has 172 valence electrons. The van der Waals surface area contributed by atoms with Gasteiger partial charge in [-0.2, -0.15) is 0 Å². The van der Waals surface area contributed by atoms with Crippen molar-refractivity contribution >= 4 is 23.9 Å². The number of aromatic nitrogens is 1. The van der Waals surface area contributed by atoms with Crippen LogP contribution in [-0.4, -0.2) is 23.3 Å². The normalized spacial score (nSPS) is 17.0. The fraction of sp³-hybridized carbons (Fsp3) is 0.458. The number of amides is 2.